The molecule has 2 aliphatic heterocycles. The lowest BCUT2D eigenvalue weighted by Crippen LogP contribution is -2.48. The number of likely N-dealkylation sites (tertiary alicyclic amines) is 1. The average molecular weight is 525 g/mol. The first-order valence-corrected chi connectivity index (χ1v) is 11.6. The molecule has 3 heterocycles. The molecule has 5 nitrogen and oxygen atoms in total. The number of nitrogens with zero attached hydrogens (tertiary/aromatic N) is 2. The zero-order chi connectivity index (χ0) is 19.7. The van der Waals surface area contributed by atoms with Crippen molar-refractivity contribution < 1.29 is 4.79 Å². The van der Waals surface area contributed by atoms with E-state index in [4.69, 9.17) is 12.2 Å². The van der Waals surface area contributed by atoms with Crippen LogP contribution >= 0.6 is 46.6 Å². The highest BCUT2D eigenvalue weighted by atomic mass is 127. The van der Waals surface area contributed by atoms with Crippen LogP contribution in [0.25, 0.3) is 0 Å². The van der Waals surface area contributed by atoms with Gasteiger partial charge in [-0.1, -0.05) is 30.0 Å². The molecule has 4 rings (SSSR count). The van der Waals surface area contributed by atoms with Crippen LogP contribution < -0.4 is 10.9 Å². The van der Waals surface area contributed by atoms with E-state index in [1.807, 2.05) is 34.9 Å². The second-order valence-electron chi connectivity index (χ2n) is 7.21. The number of thiocarbonyl (C=S) groups is 1. The Kier molecular flexibility index (Phi) is 6.07. The highest BCUT2D eigenvalue weighted by Crippen LogP contribution is 2.36. The molecule has 2 aliphatic rings. The summed E-state index contributed by atoms with van der Waals surface area (Å²) in [6, 6.07) is 13.2. The van der Waals surface area contributed by atoms with Crippen molar-refractivity contribution in [3.05, 3.63) is 62.1 Å². The predicted octanol–water partition coefficient (Wildman–Crippen LogP) is 3.53. The van der Waals surface area contributed by atoms with Crippen LogP contribution in [-0.2, 0) is 11.3 Å². The summed E-state index contributed by atoms with van der Waals surface area (Å²) in [4.78, 5) is 26.6. The quantitative estimate of drug-likeness (QED) is 0.491. The number of hydrogen-bond donors (Lipinski definition) is 1. The largest absolute Gasteiger partial charge is 0.356 e. The second kappa shape index (κ2) is 8.54. The number of amides is 1. The van der Waals surface area contributed by atoms with Gasteiger partial charge in [-0.25, -0.2) is 0 Å². The lowest BCUT2D eigenvalue weighted by Gasteiger charge is -2.43. The smallest absolute Gasteiger partial charge is 0.250 e. The summed E-state index contributed by atoms with van der Waals surface area (Å²) in [6.45, 7) is 2.41. The molecule has 1 amide bonds. The fourth-order valence-corrected chi connectivity index (χ4v) is 5.34. The molecule has 2 unspecified atom stereocenters. The van der Waals surface area contributed by atoms with Crippen LogP contribution in [0.4, 0.5) is 5.69 Å². The lowest BCUT2D eigenvalue weighted by atomic mass is 9.83. The first kappa shape index (κ1) is 19.9. The average Bonchev–Trinajstić information content (AvgIpc) is 2.68. The van der Waals surface area contributed by atoms with Gasteiger partial charge in [0.15, 0.2) is 0 Å². The van der Waals surface area contributed by atoms with Crippen molar-refractivity contribution in [2.45, 2.75) is 18.9 Å². The minimum Gasteiger partial charge on any atom is -0.356 e. The lowest BCUT2D eigenvalue weighted by molar-refractivity contribution is -0.113. The fraction of sp³-hybridized carbons (Fsp3) is 0.350. The molecule has 2 aromatic rings. The normalized spacial score (nSPS) is 20.4. The molecular formula is C20H20IN3O2S2. The first-order valence-electron chi connectivity index (χ1n) is 9.16. The summed E-state index contributed by atoms with van der Waals surface area (Å²) in [5, 5.41) is 2.91. The molecule has 0 saturated carbocycles. The number of nitrogens with one attached hydrogen (secondary N) is 1. The third-order valence-corrected chi connectivity index (χ3v) is 7.44. The molecule has 8 heteroatoms. The maximum absolute atomic E-state index is 12.2. The number of aromatic nitrogens is 1. The summed E-state index contributed by atoms with van der Waals surface area (Å²) in [6.07, 6.45) is 1.10. The Balaban J connectivity index is 1.34. The van der Waals surface area contributed by atoms with Crippen molar-refractivity contribution in [1.82, 2.24) is 9.47 Å². The van der Waals surface area contributed by atoms with Gasteiger partial charge in [-0.15, -0.1) is 0 Å². The van der Waals surface area contributed by atoms with E-state index in [1.165, 1.54) is 11.8 Å². The Morgan fingerprint density at radius 3 is 2.75 bits per heavy atom. The fourth-order valence-electron chi connectivity index (χ4n) is 3.99. The number of carbonyl (C=O) groups is 1. The van der Waals surface area contributed by atoms with Crippen LogP contribution in [-0.4, -0.2) is 38.5 Å². The summed E-state index contributed by atoms with van der Waals surface area (Å²) in [5.41, 5.74) is 1.99. The number of pyridine rings is 1. The van der Waals surface area contributed by atoms with Gasteiger partial charge in [0.25, 0.3) is 5.56 Å². The van der Waals surface area contributed by atoms with E-state index in [9.17, 15) is 9.59 Å². The molecule has 0 spiro atoms. The van der Waals surface area contributed by atoms with Gasteiger partial charge in [0.2, 0.25) is 5.91 Å². The number of thioether (sulfide) groups is 1. The van der Waals surface area contributed by atoms with E-state index in [2.05, 4.69) is 38.9 Å². The van der Waals surface area contributed by atoms with Crippen molar-refractivity contribution in [3.63, 3.8) is 0 Å². The predicted molar refractivity (Wildman–Crippen MR) is 126 cm³/mol. The van der Waals surface area contributed by atoms with Crippen LogP contribution in [0.5, 0.6) is 0 Å². The number of anilines is 1. The van der Waals surface area contributed by atoms with E-state index in [-0.39, 0.29) is 11.5 Å². The maximum atomic E-state index is 12.2. The van der Waals surface area contributed by atoms with E-state index in [0.717, 1.165) is 45.3 Å². The molecule has 146 valence electrons. The second-order valence-corrected chi connectivity index (χ2v) is 10.1. The van der Waals surface area contributed by atoms with Gasteiger partial charge in [0.05, 0.1) is 5.75 Å². The Labute approximate surface area is 187 Å². The van der Waals surface area contributed by atoms with Gasteiger partial charge in [-0.2, -0.15) is 0 Å². The molecule has 2 atom stereocenters. The van der Waals surface area contributed by atoms with Gasteiger partial charge in [-0.05, 0) is 65.3 Å². The number of carbonyl (C=O) groups excluding carboxylic acids is 1. The number of fused-ring (bicyclic) bond motifs is 4. The summed E-state index contributed by atoms with van der Waals surface area (Å²) < 4.78 is 3.81. The summed E-state index contributed by atoms with van der Waals surface area (Å²) in [7, 11) is 0. The first-order chi connectivity index (χ1) is 13.5. The third kappa shape index (κ3) is 4.44. The monoisotopic (exact) mass is 525 g/mol. The van der Waals surface area contributed by atoms with Crippen molar-refractivity contribution in [2.24, 2.45) is 5.92 Å². The van der Waals surface area contributed by atoms with E-state index < -0.39 is 0 Å². The summed E-state index contributed by atoms with van der Waals surface area (Å²) in [5.74, 6) is 0.987. The van der Waals surface area contributed by atoms with Gasteiger partial charge in [0, 0.05) is 46.6 Å². The van der Waals surface area contributed by atoms with Crippen molar-refractivity contribution in [1.29, 1.82) is 0 Å². The number of benzene rings is 1. The standard InChI is InChI=1S/C20H20IN3O2S2/c21-15-4-6-16(7-5-15)22-18(25)12-28-20(27)23-9-13-8-14(11-23)17-2-1-3-19(26)24(17)10-13/h1-7,13-14H,8-12H2,(H,22,25). The zero-order valence-corrected chi connectivity index (χ0v) is 18.9. The van der Waals surface area contributed by atoms with E-state index in [0.29, 0.717) is 17.6 Å². The number of hydrogen-bond acceptors (Lipinski definition) is 4. The van der Waals surface area contributed by atoms with Gasteiger partial charge < -0.3 is 14.8 Å². The number of rotatable bonds is 3. The molecule has 28 heavy (non-hydrogen) atoms. The number of piperidine rings is 1. The molecule has 2 bridgehead atoms. The third-order valence-electron chi connectivity index (χ3n) is 5.19. The molecule has 1 fully saturated rings. The van der Waals surface area contributed by atoms with Crippen LogP contribution in [0, 0.1) is 9.49 Å². The van der Waals surface area contributed by atoms with E-state index in [1.54, 1.807) is 6.07 Å². The SMILES string of the molecule is O=C(CSC(=S)N1CC2CC(C1)c1cccc(=O)n1C2)Nc1ccc(I)cc1. The van der Waals surface area contributed by atoms with Crippen LogP contribution in [0.15, 0.2) is 47.3 Å². The molecule has 1 aromatic carbocycles. The molecule has 0 radical (unpaired) electrons. The Morgan fingerprint density at radius 1 is 1.18 bits per heavy atom. The Bertz CT molecular complexity index is 961. The molecule has 1 aromatic heterocycles. The van der Waals surface area contributed by atoms with Crippen molar-refractivity contribution in [3.8, 4) is 0 Å². The topological polar surface area (TPSA) is 54.3 Å². The molecular weight excluding hydrogens is 505 g/mol. The minimum absolute atomic E-state index is 0.0531. The van der Waals surface area contributed by atoms with Crippen LogP contribution in [0.1, 0.15) is 18.0 Å². The highest BCUT2D eigenvalue weighted by molar-refractivity contribution is 14.1. The minimum atomic E-state index is -0.0531. The Hall–Kier alpha value is -1.39. The molecule has 1 N–H and O–H groups in total. The van der Waals surface area contributed by atoms with Gasteiger partial charge >= 0.3 is 0 Å². The number of halogens is 1. The summed E-state index contributed by atoms with van der Waals surface area (Å²) >= 11 is 9.26. The zero-order valence-electron chi connectivity index (χ0n) is 15.1. The van der Waals surface area contributed by atoms with Gasteiger partial charge in [0.1, 0.15) is 4.32 Å². The van der Waals surface area contributed by atoms with Crippen LogP contribution in [0.3, 0.4) is 0 Å². The van der Waals surface area contributed by atoms with Crippen molar-refractivity contribution in [2.75, 3.05) is 24.2 Å². The maximum Gasteiger partial charge on any atom is 0.250 e. The molecule has 1 saturated heterocycles. The molecule has 0 aliphatic carbocycles. The van der Waals surface area contributed by atoms with Crippen molar-refractivity contribution >= 4 is 62.5 Å². The Morgan fingerprint density at radius 2 is 1.96 bits per heavy atom. The van der Waals surface area contributed by atoms with Crippen LogP contribution in [0.2, 0.25) is 0 Å². The van der Waals surface area contributed by atoms with Gasteiger partial charge in [-0.3, -0.25) is 9.59 Å². The highest BCUT2D eigenvalue weighted by Gasteiger charge is 2.35. The van der Waals surface area contributed by atoms with E-state index >= 15 is 0 Å².